The fraction of sp³-hybridized carbons (Fsp3) is 0.381. The summed E-state index contributed by atoms with van der Waals surface area (Å²) in [5, 5.41) is 2.92. The van der Waals surface area contributed by atoms with E-state index in [2.05, 4.69) is 5.32 Å². The summed E-state index contributed by atoms with van der Waals surface area (Å²) in [6.07, 6.45) is 3.22. The van der Waals surface area contributed by atoms with Crippen LogP contribution in [0.3, 0.4) is 0 Å². The Balaban J connectivity index is 1.44. The van der Waals surface area contributed by atoms with E-state index in [0.717, 1.165) is 12.0 Å². The fourth-order valence-corrected chi connectivity index (χ4v) is 3.89. The molecule has 0 bridgehead atoms. The van der Waals surface area contributed by atoms with E-state index in [0.29, 0.717) is 38.3 Å². The zero-order valence-corrected chi connectivity index (χ0v) is 15.7. The van der Waals surface area contributed by atoms with Crippen molar-refractivity contribution in [1.29, 1.82) is 0 Å². The molecule has 3 heterocycles. The molecule has 1 aromatic heterocycles. The quantitative estimate of drug-likeness (QED) is 0.820. The first-order chi connectivity index (χ1) is 13.6. The molecule has 1 unspecified atom stereocenters. The molecule has 0 saturated carbocycles. The molecular formula is C21H24N4O3. The van der Waals surface area contributed by atoms with Gasteiger partial charge in [0.2, 0.25) is 11.8 Å². The first kappa shape index (κ1) is 18.3. The predicted octanol–water partition coefficient (Wildman–Crippen LogP) is 1.25. The van der Waals surface area contributed by atoms with E-state index < -0.39 is 0 Å². The third-order valence-electron chi connectivity index (χ3n) is 5.39. The normalized spacial score (nSPS) is 19.1. The topological polar surface area (TPSA) is 74.6 Å². The lowest BCUT2D eigenvalue weighted by atomic mass is 10.1. The van der Waals surface area contributed by atoms with E-state index in [1.165, 1.54) is 0 Å². The average Bonchev–Trinajstić information content (AvgIpc) is 3.33. The van der Waals surface area contributed by atoms with Gasteiger partial charge in [-0.15, -0.1) is 0 Å². The van der Waals surface area contributed by atoms with Crippen molar-refractivity contribution < 1.29 is 14.4 Å². The number of amides is 3. The smallest absolute Gasteiger partial charge is 0.271 e. The Bertz CT molecular complexity index is 877. The Morgan fingerprint density at radius 1 is 1.11 bits per heavy atom. The molecule has 0 radical (unpaired) electrons. The van der Waals surface area contributed by atoms with Crippen LogP contribution in [0.1, 0.15) is 28.9 Å². The van der Waals surface area contributed by atoms with Crippen LogP contribution in [0, 0.1) is 0 Å². The van der Waals surface area contributed by atoms with Gasteiger partial charge in [0.25, 0.3) is 5.91 Å². The molecule has 2 aromatic rings. The molecule has 7 nitrogen and oxygen atoms in total. The molecular weight excluding hydrogens is 356 g/mol. The highest BCUT2D eigenvalue weighted by molar-refractivity contribution is 5.93. The van der Waals surface area contributed by atoms with Gasteiger partial charge in [0.05, 0.1) is 12.6 Å². The van der Waals surface area contributed by atoms with Gasteiger partial charge in [0.1, 0.15) is 5.69 Å². The summed E-state index contributed by atoms with van der Waals surface area (Å²) >= 11 is 0. The van der Waals surface area contributed by atoms with Crippen molar-refractivity contribution in [3.63, 3.8) is 0 Å². The van der Waals surface area contributed by atoms with Gasteiger partial charge >= 0.3 is 0 Å². The highest BCUT2D eigenvalue weighted by Crippen LogP contribution is 2.20. The average molecular weight is 380 g/mol. The maximum Gasteiger partial charge on any atom is 0.271 e. The largest absolute Gasteiger partial charge is 0.352 e. The molecule has 0 aliphatic carbocycles. The van der Waals surface area contributed by atoms with Crippen LogP contribution in [-0.4, -0.2) is 57.8 Å². The van der Waals surface area contributed by atoms with Gasteiger partial charge in [0, 0.05) is 38.8 Å². The molecule has 2 aliphatic rings. The minimum atomic E-state index is -0.180. The van der Waals surface area contributed by atoms with Crippen molar-refractivity contribution in [3.8, 4) is 0 Å². The van der Waals surface area contributed by atoms with Gasteiger partial charge in [0.15, 0.2) is 0 Å². The summed E-state index contributed by atoms with van der Waals surface area (Å²) in [7, 11) is 0. The monoisotopic (exact) mass is 380 g/mol. The van der Waals surface area contributed by atoms with Crippen LogP contribution in [0.15, 0.2) is 48.7 Å². The zero-order valence-electron chi connectivity index (χ0n) is 15.7. The fourth-order valence-electron chi connectivity index (χ4n) is 3.89. The van der Waals surface area contributed by atoms with Crippen LogP contribution in [0.2, 0.25) is 0 Å². The summed E-state index contributed by atoms with van der Waals surface area (Å²) in [5.41, 5.74) is 1.72. The number of benzene rings is 1. The third kappa shape index (κ3) is 3.78. The van der Waals surface area contributed by atoms with Crippen molar-refractivity contribution in [2.75, 3.05) is 19.6 Å². The van der Waals surface area contributed by atoms with Crippen molar-refractivity contribution in [3.05, 3.63) is 59.9 Å². The molecule has 1 atom stereocenters. The van der Waals surface area contributed by atoms with Crippen LogP contribution in [0.5, 0.6) is 0 Å². The maximum absolute atomic E-state index is 13.0. The van der Waals surface area contributed by atoms with E-state index in [-0.39, 0.29) is 30.3 Å². The van der Waals surface area contributed by atoms with E-state index in [9.17, 15) is 14.4 Å². The number of likely N-dealkylation sites (tertiary alicyclic amines) is 1. The van der Waals surface area contributed by atoms with Crippen LogP contribution in [0.25, 0.3) is 0 Å². The van der Waals surface area contributed by atoms with Crippen molar-refractivity contribution in [2.24, 2.45) is 0 Å². The zero-order chi connectivity index (χ0) is 19.5. The van der Waals surface area contributed by atoms with E-state index >= 15 is 0 Å². The Kier molecular flexibility index (Phi) is 5.14. The summed E-state index contributed by atoms with van der Waals surface area (Å²) in [5.74, 6) is -0.180. The first-order valence-corrected chi connectivity index (χ1v) is 9.66. The van der Waals surface area contributed by atoms with Crippen molar-refractivity contribution >= 4 is 17.7 Å². The standard InChI is InChI=1S/C21H24N4O3/c26-19(15-24-11-5-9-20(24)27)22-12-17-14-23-10-4-8-18(23)21(28)25(17)13-16-6-2-1-3-7-16/h1-4,6-8,10,17H,5,9,11-15H2,(H,22,26). The van der Waals surface area contributed by atoms with Crippen molar-refractivity contribution in [1.82, 2.24) is 19.7 Å². The molecule has 1 fully saturated rings. The second kappa shape index (κ2) is 7.88. The molecule has 4 rings (SSSR count). The highest BCUT2D eigenvalue weighted by atomic mass is 16.2. The lowest BCUT2D eigenvalue weighted by Gasteiger charge is -2.37. The summed E-state index contributed by atoms with van der Waals surface area (Å²) in [6.45, 7) is 2.21. The number of fused-ring (bicyclic) bond motifs is 1. The summed E-state index contributed by atoms with van der Waals surface area (Å²) < 4.78 is 1.94. The second-order valence-corrected chi connectivity index (χ2v) is 7.34. The number of carbonyl (C=O) groups is 3. The Morgan fingerprint density at radius 2 is 1.93 bits per heavy atom. The lowest BCUT2D eigenvalue weighted by Crippen LogP contribution is -2.53. The van der Waals surface area contributed by atoms with E-state index in [1.54, 1.807) is 4.90 Å². The van der Waals surface area contributed by atoms with Crippen LogP contribution >= 0.6 is 0 Å². The van der Waals surface area contributed by atoms with Crippen LogP contribution in [-0.2, 0) is 22.7 Å². The molecule has 3 amide bonds. The molecule has 146 valence electrons. The predicted molar refractivity (Wildman–Crippen MR) is 103 cm³/mol. The van der Waals surface area contributed by atoms with Crippen LogP contribution in [0.4, 0.5) is 0 Å². The van der Waals surface area contributed by atoms with Gasteiger partial charge < -0.3 is 19.7 Å². The Hall–Kier alpha value is -3.09. The molecule has 1 N–H and O–H groups in total. The lowest BCUT2D eigenvalue weighted by molar-refractivity contribution is -0.133. The number of nitrogens with zero attached hydrogens (tertiary/aromatic N) is 3. The Morgan fingerprint density at radius 3 is 2.68 bits per heavy atom. The van der Waals surface area contributed by atoms with Crippen molar-refractivity contribution in [2.45, 2.75) is 32.0 Å². The number of rotatable bonds is 6. The minimum Gasteiger partial charge on any atom is -0.352 e. The number of nitrogens with one attached hydrogen (secondary N) is 1. The SMILES string of the molecule is O=C(CN1CCCC1=O)NCC1Cn2cccc2C(=O)N1Cc1ccccc1. The van der Waals surface area contributed by atoms with Gasteiger partial charge in [-0.3, -0.25) is 14.4 Å². The van der Waals surface area contributed by atoms with Gasteiger partial charge in [-0.05, 0) is 24.1 Å². The number of hydrogen-bond donors (Lipinski definition) is 1. The maximum atomic E-state index is 13.0. The molecule has 1 saturated heterocycles. The molecule has 0 spiro atoms. The molecule has 1 aromatic carbocycles. The number of hydrogen-bond acceptors (Lipinski definition) is 3. The minimum absolute atomic E-state index is 0.0330. The van der Waals surface area contributed by atoms with Gasteiger partial charge in [-0.2, -0.15) is 0 Å². The molecule has 2 aliphatic heterocycles. The first-order valence-electron chi connectivity index (χ1n) is 9.66. The second-order valence-electron chi connectivity index (χ2n) is 7.34. The number of aromatic nitrogens is 1. The Labute approximate surface area is 163 Å². The van der Waals surface area contributed by atoms with E-state index in [4.69, 9.17) is 0 Å². The number of carbonyl (C=O) groups excluding carboxylic acids is 3. The van der Waals surface area contributed by atoms with Gasteiger partial charge in [-0.1, -0.05) is 30.3 Å². The van der Waals surface area contributed by atoms with Gasteiger partial charge in [-0.25, -0.2) is 0 Å². The summed E-state index contributed by atoms with van der Waals surface area (Å²) in [4.78, 5) is 40.4. The molecule has 28 heavy (non-hydrogen) atoms. The van der Waals surface area contributed by atoms with E-state index in [1.807, 2.05) is 58.1 Å². The highest BCUT2D eigenvalue weighted by Gasteiger charge is 2.32. The molecule has 7 heteroatoms. The van der Waals surface area contributed by atoms with Crippen LogP contribution < -0.4 is 5.32 Å². The third-order valence-corrected chi connectivity index (χ3v) is 5.39. The summed E-state index contributed by atoms with van der Waals surface area (Å²) in [6, 6.07) is 13.4.